The van der Waals surface area contributed by atoms with Crippen molar-refractivity contribution in [2.24, 2.45) is 5.73 Å². The first-order chi connectivity index (χ1) is 7.13. The molecule has 1 aliphatic carbocycles. The van der Waals surface area contributed by atoms with Crippen LogP contribution in [0.25, 0.3) is 0 Å². The van der Waals surface area contributed by atoms with Gasteiger partial charge in [0.25, 0.3) is 0 Å². The minimum Gasteiger partial charge on any atom is -0.393 e. The van der Waals surface area contributed by atoms with Crippen molar-refractivity contribution >= 4 is 5.91 Å². The molecule has 1 amide bonds. The summed E-state index contributed by atoms with van der Waals surface area (Å²) in [6, 6.07) is -0.279. The highest BCUT2D eigenvalue weighted by molar-refractivity contribution is 5.81. The van der Waals surface area contributed by atoms with Crippen LogP contribution in [0.5, 0.6) is 0 Å². The van der Waals surface area contributed by atoms with Crippen molar-refractivity contribution < 1.29 is 9.90 Å². The monoisotopic (exact) mass is 214 g/mol. The molecule has 0 aromatic rings. The van der Waals surface area contributed by atoms with E-state index in [1.54, 1.807) is 0 Å². The van der Waals surface area contributed by atoms with Gasteiger partial charge in [0.05, 0.1) is 12.1 Å². The Kier molecular flexibility index (Phi) is 5.05. The molecule has 0 saturated heterocycles. The summed E-state index contributed by atoms with van der Waals surface area (Å²) in [4.78, 5) is 11.6. The van der Waals surface area contributed by atoms with Crippen LogP contribution in [-0.4, -0.2) is 29.2 Å². The summed E-state index contributed by atoms with van der Waals surface area (Å²) in [6.45, 7) is 2.01. The van der Waals surface area contributed by atoms with Crippen LogP contribution in [0.1, 0.15) is 45.4 Å². The normalized spacial score (nSPS) is 28.5. The van der Waals surface area contributed by atoms with Gasteiger partial charge in [-0.3, -0.25) is 4.79 Å². The SMILES string of the molecule is CCC[C@H](N)C(=O)N[C@@H]1CCC[C@H](O)C1. The van der Waals surface area contributed by atoms with Crippen LogP contribution in [-0.2, 0) is 4.79 Å². The fourth-order valence-corrected chi connectivity index (χ4v) is 2.05. The van der Waals surface area contributed by atoms with E-state index in [1.807, 2.05) is 6.92 Å². The lowest BCUT2D eigenvalue weighted by Gasteiger charge is -2.27. The molecule has 1 fully saturated rings. The van der Waals surface area contributed by atoms with Gasteiger partial charge in [-0.15, -0.1) is 0 Å². The summed E-state index contributed by atoms with van der Waals surface area (Å²) >= 11 is 0. The van der Waals surface area contributed by atoms with E-state index in [0.717, 1.165) is 32.1 Å². The predicted molar refractivity (Wildman–Crippen MR) is 59.3 cm³/mol. The van der Waals surface area contributed by atoms with Crippen molar-refractivity contribution in [2.45, 2.75) is 63.6 Å². The lowest BCUT2D eigenvalue weighted by molar-refractivity contribution is -0.123. The van der Waals surface area contributed by atoms with Crippen molar-refractivity contribution in [3.63, 3.8) is 0 Å². The highest BCUT2D eigenvalue weighted by Crippen LogP contribution is 2.18. The van der Waals surface area contributed by atoms with Crippen LogP contribution >= 0.6 is 0 Å². The molecule has 0 aromatic carbocycles. The molecule has 0 spiro atoms. The van der Waals surface area contributed by atoms with E-state index in [1.165, 1.54) is 0 Å². The Morgan fingerprint density at radius 2 is 2.33 bits per heavy atom. The van der Waals surface area contributed by atoms with Gasteiger partial charge >= 0.3 is 0 Å². The molecule has 1 rings (SSSR count). The van der Waals surface area contributed by atoms with Crippen LogP contribution in [0.15, 0.2) is 0 Å². The quantitative estimate of drug-likeness (QED) is 0.639. The van der Waals surface area contributed by atoms with Gasteiger partial charge in [-0.25, -0.2) is 0 Å². The number of hydrogen-bond donors (Lipinski definition) is 3. The van der Waals surface area contributed by atoms with E-state index in [9.17, 15) is 9.90 Å². The minimum atomic E-state index is -0.394. The van der Waals surface area contributed by atoms with Gasteiger partial charge in [0.15, 0.2) is 0 Å². The summed E-state index contributed by atoms with van der Waals surface area (Å²) in [6.07, 6.45) is 4.85. The van der Waals surface area contributed by atoms with E-state index in [-0.39, 0.29) is 18.1 Å². The smallest absolute Gasteiger partial charge is 0.237 e. The van der Waals surface area contributed by atoms with Gasteiger partial charge in [-0.2, -0.15) is 0 Å². The molecule has 0 unspecified atom stereocenters. The fourth-order valence-electron chi connectivity index (χ4n) is 2.05. The largest absolute Gasteiger partial charge is 0.393 e. The van der Waals surface area contributed by atoms with Gasteiger partial charge in [0.1, 0.15) is 0 Å². The topological polar surface area (TPSA) is 75.4 Å². The number of carbonyl (C=O) groups excluding carboxylic acids is 1. The van der Waals surface area contributed by atoms with Crippen molar-refractivity contribution in [3.05, 3.63) is 0 Å². The Bertz CT molecular complexity index is 209. The average molecular weight is 214 g/mol. The summed E-state index contributed by atoms with van der Waals surface area (Å²) in [5.41, 5.74) is 5.71. The lowest BCUT2D eigenvalue weighted by Crippen LogP contribution is -2.47. The van der Waals surface area contributed by atoms with Crippen molar-refractivity contribution in [3.8, 4) is 0 Å². The van der Waals surface area contributed by atoms with E-state index in [2.05, 4.69) is 5.32 Å². The molecule has 1 saturated carbocycles. The first-order valence-corrected chi connectivity index (χ1v) is 5.87. The Hall–Kier alpha value is -0.610. The second-order valence-corrected chi connectivity index (χ2v) is 4.42. The number of hydrogen-bond acceptors (Lipinski definition) is 3. The number of aliphatic hydroxyl groups is 1. The van der Waals surface area contributed by atoms with Crippen LogP contribution < -0.4 is 11.1 Å². The molecule has 0 heterocycles. The number of nitrogens with two attached hydrogens (primary N) is 1. The van der Waals surface area contributed by atoms with Gasteiger partial charge < -0.3 is 16.2 Å². The standard InChI is InChI=1S/C11H22N2O2/c1-2-4-10(12)11(15)13-8-5-3-6-9(14)7-8/h8-10,14H,2-7,12H2,1H3,(H,13,15)/t8-,9+,10+/m1/s1. The molecule has 0 aromatic heterocycles. The van der Waals surface area contributed by atoms with Gasteiger partial charge in [0.2, 0.25) is 5.91 Å². The molecule has 0 radical (unpaired) electrons. The number of rotatable bonds is 4. The number of nitrogens with one attached hydrogen (secondary N) is 1. The van der Waals surface area contributed by atoms with Crippen molar-refractivity contribution in [1.29, 1.82) is 0 Å². The number of carbonyl (C=O) groups is 1. The first-order valence-electron chi connectivity index (χ1n) is 5.87. The molecule has 4 heteroatoms. The molecule has 0 aliphatic heterocycles. The maximum Gasteiger partial charge on any atom is 0.237 e. The Balaban J connectivity index is 2.30. The summed E-state index contributed by atoms with van der Waals surface area (Å²) in [7, 11) is 0. The summed E-state index contributed by atoms with van der Waals surface area (Å²) in [5.74, 6) is -0.0732. The molecular formula is C11H22N2O2. The zero-order chi connectivity index (χ0) is 11.3. The third-order valence-corrected chi connectivity index (χ3v) is 2.93. The third kappa shape index (κ3) is 4.18. The maximum absolute atomic E-state index is 11.6. The van der Waals surface area contributed by atoms with Crippen molar-refractivity contribution in [1.82, 2.24) is 5.32 Å². The molecule has 0 bridgehead atoms. The molecule has 4 nitrogen and oxygen atoms in total. The summed E-state index contributed by atoms with van der Waals surface area (Å²) in [5, 5.41) is 12.4. The van der Waals surface area contributed by atoms with Gasteiger partial charge in [-0.1, -0.05) is 13.3 Å². The Morgan fingerprint density at radius 3 is 2.93 bits per heavy atom. The zero-order valence-corrected chi connectivity index (χ0v) is 9.41. The van der Waals surface area contributed by atoms with E-state index in [4.69, 9.17) is 5.73 Å². The van der Waals surface area contributed by atoms with Crippen LogP contribution in [0.3, 0.4) is 0 Å². The zero-order valence-electron chi connectivity index (χ0n) is 9.41. The first kappa shape index (κ1) is 12.5. The number of aliphatic hydroxyl groups excluding tert-OH is 1. The van der Waals surface area contributed by atoms with Crippen LogP contribution in [0.2, 0.25) is 0 Å². The number of amides is 1. The average Bonchev–Trinajstić information content (AvgIpc) is 2.18. The van der Waals surface area contributed by atoms with E-state index < -0.39 is 6.04 Å². The molecule has 4 N–H and O–H groups in total. The Morgan fingerprint density at radius 1 is 1.60 bits per heavy atom. The van der Waals surface area contributed by atoms with Gasteiger partial charge in [-0.05, 0) is 32.1 Å². The third-order valence-electron chi connectivity index (χ3n) is 2.93. The maximum atomic E-state index is 11.6. The van der Waals surface area contributed by atoms with E-state index >= 15 is 0 Å². The second-order valence-electron chi connectivity index (χ2n) is 4.42. The fraction of sp³-hybridized carbons (Fsp3) is 0.909. The predicted octanol–water partition coefficient (Wildman–Crippen LogP) is 0.533. The molecule has 3 atom stereocenters. The van der Waals surface area contributed by atoms with Crippen molar-refractivity contribution in [2.75, 3.05) is 0 Å². The highest BCUT2D eigenvalue weighted by atomic mass is 16.3. The van der Waals surface area contributed by atoms with E-state index in [0.29, 0.717) is 6.42 Å². The molecular weight excluding hydrogens is 192 g/mol. The Labute approximate surface area is 91.2 Å². The highest BCUT2D eigenvalue weighted by Gasteiger charge is 2.23. The van der Waals surface area contributed by atoms with Crippen LogP contribution in [0.4, 0.5) is 0 Å². The van der Waals surface area contributed by atoms with Crippen LogP contribution in [0, 0.1) is 0 Å². The van der Waals surface area contributed by atoms with Gasteiger partial charge in [0, 0.05) is 6.04 Å². The molecule has 15 heavy (non-hydrogen) atoms. The summed E-state index contributed by atoms with van der Waals surface area (Å²) < 4.78 is 0. The minimum absolute atomic E-state index is 0.0732. The molecule has 88 valence electrons. The molecule has 1 aliphatic rings. The second kappa shape index (κ2) is 6.08. The lowest BCUT2D eigenvalue weighted by atomic mass is 9.93.